The third-order valence-electron chi connectivity index (χ3n) is 3.67. The minimum Gasteiger partial charge on any atom is -0.481 e. The molecule has 1 aliphatic heterocycles. The summed E-state index contributed by atoms with van der Waals surface area (Å²) in [5.74, 6) is -1.23. The number of amides is 1. The molecule has 2 atom stereocenters. The topological polar surface area (TPSA) is 75.4 Å². The zero-order chi connectivity index (χ0) is 13.8. The summed E-state index contributed by atoms with van der Waals surface area (Å²) in [5.41, 5.74) is 0. The summed E-state index contributed by atoms with van der Waals surface area (Å²) >= 11 is 0. The Labute approximate surface area is 112 Å². The van der Waals surface area contributed by atoms with Crippen LogP contribution >= 0.6 is 0 Å². The summed E-state index contributed by atoms with van der Waals surface area (Å²) in [5, 5.41) is 13.1. The molecular formula is C13H19N3O3. The number of carboxylic acids is 1. The van der Waals surface area contributed by atoms with Gasteiger partial charge >= 0.3 is 5.97 Å². The van der Waals surface area contributed by atoms with Gasteiger partial charge in [0, 0.05) is 37.9 Å². The second-order valence-corrected chi connectivity index (χ2v) is 5.03. The molecule has 2 unspecified atom stereocenters. The lowest BCUT2D eigenvalue weighted by atomic mass is 9.93. The highest BCUT2D eigenvalue weighted by Gasteiger charge is 2.32. The minimum absolute atomic E-state index is 0.00829. The first kappa shape index (κ1) is 13.6. The van der Waals surface area contributed by atoms with Gasteiger partial charge in [0.25, 0.3) is 0 Å². The largest absolute Gasteiger partial charge is 0.481 e. The maximum Gasteiger partial charge on any atom is 0.308 e. The van der Waals surface area contributed by atoms with Crippen molar-refractivity contribution in [2.24, 2.45) is 5.92 Å². The molecule has 2 rings (SSSR count). The SMILES string of the molecule is CC1CCC(C(=O)O)CN1C(=O)CCn1cccn1. The zero-order valence-electron chi connectivity index (χ0n) is 11.0. The van der Waals surface area contributed by atoms with Crippen molar-refractivity contribution >= 4 is 11.9 Å². The molecule has 1 N–H and O–H groups in total. The highest BCUT2D eigenvalue weighted by atomic mass is 16.4. The van der Waals surface area contributed by atoms with Gasteiger partial charge in [-0.1, -0.05) is 0 Å². The molecule has 104 valence electrons. The average molecular weight is 265 g/mol. The summed E-state index contributed by atoms with van der Waals surface area (Å²) in [6, 6.07) is 1.94. The van der Waals surface area contributed by atoms with E-state index in [1.54, 1.807) is 15.8 Å². The van der Waals surface area contributed by atoms with E-state index in [-0.39, 0.29) is 11.9 Å². The Hall–Kier alpha value is -1.85. The van der Waals surface area contributed by atoms with Gasteiger partial charge in [0.05, 0.1) is 5.92 Å². The van der Waals surface area contributed by atoms with Crippen LogP contribution in [-0.4, -0.2) is 44.3 Å². The number of aromatic nitrogens is 2. The van der Waals surface area contributed by atoms with Crippen molar-refractivity contribution < 1.29 is 14.7 Å². The second kappa shape index (κ2) is 5.86. The predicted octanol–water partition coefficient (Wildman–Crippen LogP) is 0.985. The number of aliphatic carboxylic acids is 1. The Morgan fingerprint density at radius 3 is 2.84 bits per heavy atom. The molecule has 1 saturated heterocycles. The number of carboxylic acid groups (broad SMARTS) is 1. The molecule has 2 heterocycles. The zero-order valence-corrected chi connectivity index (χ0v) is 11.0. The number of hydrogen-bond acceptors (Lipinski definition) is 3. The highest BCUT2D eigenvalue weighted by molar-refractivity contribution is 5.78. The van der Waals surface area contributed by atoms with Gasteiger partial charge < -0.3 is 10.0 Å². The Morgan fingerprint density at radius 1 is 1.42 bits per heavy atom. The molecule has 1 fully saturated rings. The molecule has 0 bridgehead atoms. The van der Waals surface area contributed by atoms with E-state index in [2.05, 4.69) is 5.10 Å². The fourth-order valence-electron chi connectivity index (χ4n) is 2.44. The minimum atomic E-state index is -0.809. The Bertz CT molecular complexity index is 444. The fraction of sp³-hybridized carbons (Fsp3) is 0.615. The highest BCUT2D eigenvalue weighted by Crippen LogP contribution is 2.22. The van der Waals surface area contributed by atoms with E-state index < -0.39 is 11.9 Å². The van der Waals surface area contributed by atoms with Crippen molar-refractivity contribution in [3.8, 4) is 0 Å². The van der Waals surface area contributed by atoms with Gasteiger partial charge in [0.1, 0.15) is 0 Å². The van der Waals surface area contributed by atoms with Gasteiger partial charge in [-0.3, -0.25) is 14.3 Å². The van der Waals surface area contributed by atoms with E-state index in [0.717, 1.165) is 6.42 Å². The maximum atomic E-state index is 12.2. The van der Waals surface area contributed by atoms with E-state index in [0.29, 0.717) is 25.9 Å². The van der Waals surface area contributed by atoms with Crippen molar-refractivity contribution in [3.05, 3.63) is 18.5 Å². The van der Waals surface area contributed by atoms with Crippen LogP contribution in [0.4, 0.5) is 0 Å². The van der Waals surface area contributed by atoms with Crippen molar-refractivity contribution in [3.63, 3.8) is 0 Å². The van der Waals surface area contributed by atoms with Gasteiger partial charge in [-0.25, -0.2) is 0 Å². The van der Waals surface area contributed by atoms with E-state index in [9.17, 15) is 9.59 Å². The van der Waals surface area contributed by atoms with Crippen LogP contribution in [0.15, 0.2) is 18.5 Å². The number of piperidine rings is 1. The van der Waals surface area contributed by atoms with Gasteiger partial charge in [0.2, 0.25) is 5.91 Å². The molecule has 1 aliphatic rings. The third-order valence-corrected chi connectivity index (χ3v) is 3.67. The lowest BCUT2D eigenvalue weighted by molar-refractivity contribution is -0.147. The first-order chi connectivity index (χ1) is 9.08. The number of carbonyl (C=O) groups excluding carboxylic acids is 1. The molecule has 6 heteroatoms. The van der Waals surface area contributed by atoms with Crippen LogP contribution in [-0.2, 0) is 16.1 Å². The first-order valence-corrected chi connectivity index (χ1v) is 6.57. The Kier molecular flexibility index (Phi) is 4.19. The van der Waals surface area contributed by atoms with Gasteiger partial charge in [0.15, 0.2) is 0 Å². The Balaban J connectivity index is 1.91. The molecule has 0 aliphatic carbocycles. The van der Waals surface area contributed by atoms with Crippen LogP contribution in [0, 0.1) is 5.92 Å². The smallest absolute Gasteiger partial charge is 0.308 e. The summed E-state index contributed by atoms with van der Waals surface area (Å²) in [6.45, 7) is 2.84. The maximum absolute atomic E-state index is 12.2. The van der Waals surface area contributed by atoms with Crippen molar-refractivity contribution in [2.75, 3.05) is 6.54 Å². The molecule has 19 heavy (non-hydrogen) atoms. The van der Waals surface area contributed by atoms with Gasteiger partial charge in [-0.2, -0.15) is 5.10 Å². The third kappa shape index (κ3) is 3.33. The van der Waals surface area contributed by atoms with Crippen LogP contribution in [0.5, 0.6) is 0 Å². The normalized spacial score (nSPS) is 23.3. The van der Waals surface area contributed by atoms with Gasteiger partial charge in [-0.15, -0.1) is 0 Å². The van der Waals surface area contributed by atoms with E-state index in [4.69, 9.17) is 5.11 Å². The molecule has 0 spiro atoms. The molecule has 0 radical (unpaired) electrons. The van der Waals surface area contributed by atoms with Crippen molar-refractivity contribution in [1.29, 1.82) is 0 Å². The number of rotatable bonds is 4. The molecule has 1 amide bonds. The van der Waals surface area contributed by atoms with Crippen LogP contribution in [0.2, 0.25) is 0 Å². The number of likely N-dealkylation sites (tertiary alicyclic amines) is 1. The van der Waals surface area contributed by atoms with Crippen LogP contribution in [0.3, 0.4) is 0 Å². The predicted molar refractivity (Wildman–Crippen MR) is 68.4 cm³/mol. The van der Waals surface area contributed by atoms with E-state index in [1.807, 2.05) is 19.2 Å². The number of hydrogen-bond donors (Lipinski definition) is 1. The van der Waals surface area contributed by atoms with Crippen LogP contribution in [0.25, 0.3) is 0 Å². The van der Waals surface area contributed by atoms with Crippen LogP contribution < -0.4 is 0 Å². The van der Waals surface area contributed by atoms with Crippen molar-refractivity contribution in [2.45, 2.75) is 38.8 Å². The summed E-state index contributed by atoms with van der Waals surface area (Å²) in [7, 11) is 0. The molecule has 6 nitrogen and oxygen atoms in total. The van der Waals surface area contributed by atoms with Crippen molar-refractivity contribution in [1.82, 2.24) is 14.7 Å². The summed E-state index contributed by atoms with van der Waals surface area (Å²) in [6.07, 6.45) is 5.25. The van der Waals surface area contributed by atoms with Gasteiger partial charge in [-0.05, 0) is 25.8 Å². The molecule has 1 aromatic rings. The lowest BCUT2D eigenvalue weighted by Crippen LogP contribution is -2.47. The lowest BCUT2D eigenvalue weighted by Gasteiger charge is -2.36. The van der Waals surface area contributed by atoms with E-state index >= 15 is 0 Å². The molecule has 1 aromatic heterocycles. The summed E-state index contributed by atoms with van der Waals surface area (Å²) in [4.78, 5) is 24.9. The average Bonchev–Trinajstić information content (AvgIpc) is 2.89. The first-order valence-electron chi connectivity index (χ1n) is 6.57. The monoisotopic (exact) mass is 265 g/mol. The molecule has 0 saturated carbocycles. The molecule has 0 aromatic carbocycles. The fourth-order valence-corrected chi connectivity index (χ4v) is 2.44. The summed E-state index contributed by atoms with van der Waals surface area (Å²) < 4.78 is 1.71. The number of aryl methyl sites for hydroxylation is 1. The van der Waals surface area contributed by atoms with Crippen LogP contribution in [0.1, 0.15) is 26.2 Å². The number of nitrogens with zero attached hydrogens (tertiary/aromatic N) is 3. The number of carbonyl (C=O) groups is 2. The second-order valence-electron chi connectivity index (χ2n) is 5.03. The van der Waals surface area contributed by atoms with E-state index in [1.165, 1.54) is 0 Å². The quantitative estimate of drug-likeness (QED) is 0.880. The standard InChI is InChI=1S/C13H19N3O3/c1-10-3-4-11(13(18)19)9-16(10)12(17)5-8-15-7-2-6-14-15/h2,6-7,10-11H,3-5,8-9H2,1H3,(H,18,19). The molecular weight excluding hydrogens is 246 g/mol. The Morgan fingerprint density at radius 2 is 2.21 bits per heavy atom.